The maximum atomic E-state index is 11.9. The molecule has 0 amide bonds. The van der Waals surface area contributed by atoms with Gasteiger partial charge < -0.3 is 19.0 Å². The van der Waals surface area contributed by atoms with E-state index in [0.717, 1.165) is 0 Å². The lowest BCUT2D eigenvalue weighted by Gasteiger charge is -2.04. The number of methoxy groups -OCH3 is 1. The fraction of sp³-hybridized carbons (Fsp3) is 0.0526. The number of rotatable bonds is 4. The Morgan fingerprint density at radius 1 is 1.12 bits per heavy atom. The van der Waals surface area contributed by atoms with Crippen molar-refractivity contribution in [1.82, 2.24) is 0 Å². The average Bonchev–Trinajstić information content (AvgIpc) is 2.61. The minimum atomic E-state index is -0.730. The Labute approximate surface area is 142 Å². The molecule has 0 radical (unpaired) electrons. The summed E-state index contributed by atoms with van der Waals surface area (Å²) in [4.78, 5) is 23.8. The van der Waals surface area contributed by atoms with Crippen LogP contribution in [0.4, 0.5) is 0 Å². The molecule has 25 heavy (non-hydrogen) atoms. The maximum absolute atomic E-state index is 11.9. The van der Waals surface area contributed by atoms with Crippen molar-refractivity contribution in [2.45, 2.75) is 0 Å². The highest BCUT2D eigenvalue weighted by Crippen LogP contribution is 2.26. The molecule has 0 aliphatic rings. The summed E-state index contributed by atoms with van der Waals surface area (Å²) in [6, 6.07) is 13.0. The van der Waals surface area contributed by atoms with Crippen molar-refractivity contribution in [3.05, 3.63) is 70.6 Å². The van der Waals surface area contributed by atoms with Crippen LogP contribution < -0.4 is 15.1 Å². The summed E-state index contributed by atoms with van der Waals surface area (Å²) in [5, 5.41) is 10.2. The van der Waals surface area contributed by atoms with Crippen LogP contribution in [0, 0.1) is 0 Å². The summed E-state index contributed by atoms with van der Waals surface area (Å²) in [5.74, 6) is -0.632. The summed E-state index contributed by atoms with van der Waals surface area (Å²) in [5.41, 5.74) is 0.308. The minimum Gasteiger partial charge on any atom is -0.504 e. The third-order valence-electron chi connectivity index (χ3n) is 3.44. The molecule has 126 valence electrons. The normalized spacial score (nSPS) is 10.9. The van der Waals surface area contributed by atoms with Gasteiger partial charge in [-0.15, -0.1) is 0 Å². The van der Waals surface area contributed by atoms with Gasteiger partial charge in [-0.05, 0) is 35.9 Å². The molecule has 3 rings (SSSR count). The van der Waals surface area contributed by atoms with Gasteiger partial charge in [0.2, 0.25) is 5.75 Å². The number of aromatic hydroxyl groups is 1. The van der Waals surface area contributed by atoms with Crippen LogP contribution in [-0.2, 0) is 4.79 Å². The molecule has 0 unspecified atom stereocenters. The van der Waals surface area contributed by atoms with Crippen molar-refractivity contribution in [3.8, 4) is 17.2 Å². The Bertz CT molecular complexity index is 1020. The van der Waals surface area contributed by atoms with E-state index in [1.807, 2.05) is 0 Å². The second-order valence-corrected chi connectivity index (χ2v) is 5.12. The Morgan fingerprint density at radius 3 is 2.72 bits per heavy atom. The molecule has 0 bridgehead atoms. The summed E-state index contributed by atoms with van der Waals surface area (Å²) >= 11 is 0. The first-order valence-corrected chi connectivity index (χ1v) is 7.36. The van der Waals surface area contributed by atoms with E-state index in [9.17, 15) is 14.7 Å². The number of hydrogen-bond donors (Lipinski definition) is 1. The number of phenols is 1. The monoisotopic (exact) mass is 338 g/mol. The highest BCUT2D eigenvalue weighted by Gasteiger charge is 2.09. The molecule has 6 heteroatoms. The first-order chi connectivity index (χ1) is 12.1. The predicted molar refractivity (Wildman–Crippen MR) is 91.8 cm³/mol. The molecule has 1 aromatic heterocycles. The van der Waals surface area contributed by atoms with E-state index in [-0.39, 0.29) is 17.2 Å². The molecular weight excluding hydrogens is 324 g/mol. The zero-order valence-corrected chi connectivity index (χ0v) is 13.3. The van der Waals surface area contributed by atoms with Crippen molar-refractivity contribution >= 4 is 23.0 Å². The first-order valence-electron chi connectivity index (χ1n) is 7.36. The number of phenolic OH excluding ortho intramolecular Hbond substituents is 1. The quantitative estimate of drug-likeness (QED) is 0.447. The Balaban J connectivity index is 1.78. The van der Waals surface area contributed by atoms with Gasteiger partial charge in [0.15, 0.2) is 11.5 Å². The van der Waals surface area contributed by atoms with Crippen LogP contribution >= 0.6 is 0 Å². The number of carbonyl (C=O) groups excluding carboxylic acids is 1. The topological polar surface area (TPSA) is 86.0 Å². The molecule has 0 saturated carbocycles. The van der Waals surface area contributed by atoms with Gasteiger partial charge in [-0.2, -0.15) is 0 Å². The fourth-order valence-corrected chi connectivity index (χ4v) is 2.22. The van der Waals surface area contributed by atoms with Crippen molar-refractivity contribution < 1.29 is 23.8 Å². The van der Waals surface area contributed by atoms with E-state index in [4.69, 9.17) is 13.9 Å². The summed E-state index contributed by atoms with van der Waals surface area (Å²) in [6.07, 6.45) is 2.65. The van der Waals surface area contributed by atoms with Gasteiger partial charge in [0, 0.05) is 11.5 Å². The lowest BCUT2D eigenvalue weighted by atomic mass is 10.2. The number of ether oxygens (including phenoxy) is 2. The average molecular weight is 338 g/mol. The Morgan fingerprint density at radius 2 is 1.92 bits per heavy atom. The Kier molecular flexibility index (Phi) is 4.52. The standard InChI is InChI=1S/C19H14O6/c1-23-16-10-12(6-8-14(16)20)7-9-18(21)24-17-11-13-4-2-3-5-15(13)25-19(17)22/h2-11,20H,1H3/b9-7+. The van der Waals surface area contributed by atoms with E-state index in [0.29, 0.717) is 16.5 Å². The minimum absolute atomic E-state index is 0.00371. The largest absolute Gasteiger partial charge is 0.504 e. The molecule has 0 atom stereocenters. The van der Waals surface area contributed by atoms with Crippen molar-refractivity contribution in [3.63, 3.8) is 0 Å². The SMILES string of the molecule is COc1cc(/C=C/C(=O)Oc2cc3ccccc3oc2=O)ccc1O. The molecule has 0 aliphatic heterocycles. The molecular formula is C19H14O6. The number of para-hydroxylation sites is 1. The van der Waals surface area contributed by atoms with E-state index >= 15 is 0 Å². The third-order valence-corrected chi connectivity index (χ3v) is 3.44. The second kappa shape index (κ2) is 6.92. The van der Waals surface area contributed by atoms with Crippen molar-refractivity contribution in [1.29, 1.82) is 0 Å². The molecule has 0 spiro atoms. The highest BCUT2D eigenvalue weighted by molar-refractivity contribution is 5.89. The molecule has 6 nitrogen and oxygen atoms in total. The maximum Gasteiger partial charge on any atom is 0.379 e. The van der Waals surface area contributed by atoms with Crippen LogP contribution in [0.1, 0.15) is 5.56 Å². The zero-order valence-electron chi connectivity index (χ0n) is 13.3. The molecule has 1 heterocycles. The number of hydrogen-bond acceptors (Lipinski definition) is 6. The van der Waals surface area contributed by atoms with Gasteiger partial charge >= 0.3 is 11.6 Å². The Hall–Kier alpha value is -3.54. The smallest absolute Gasteiger partial charge is 0.379 e. The number of esters is 1. The second-order valence-electron chi connectivity index (χ2n) is 5.12. The van der Waals surface area contributed by atoms with Crippen LogP contribution in [0.2, 0.25) is 0 Å². The predicted octanol–water partition coefficient (Wildman–Crippen LogP) is 3.13. The summed E-state index contributed by atoms with van der Waals surface area (Å²) in [7, 11) is 1.43. The van der Waals surface area contributed by atoms with Gasteiger partial charge in [0.25, 0.3) is 0 Å². The van der Waals surface area contributed by atoms with E-state index in [1.54, 1.807) is 36.4 Å². The lowest BCUT2D eigenvalue weighted by molar-refractivity contribution is -0.129. The summed E-state index contributed by atoms with van der Waals surface area (Å²) < 4.78 is 15.1. The van der Waals surface area contributed by atoms with Gasteiger partial charge in [-0.25, -0.2) is 9.59 Å². The first kappa shape index (κ1) is 16.3. The van der Waals surface area contributed by atoms with Crippen molar-refractivity contribution in [2.75, 3.05) is 7.11 Å². The zero-order chi connectivity index (χ0) is 17.8. The lowest BCUT2D eigenvalue weighted by Crippen LogP contribution is -2.11. The van der Waals surface area contributed by atoms with Crippen LogP contribution in [0.25, 0.3) is 17.0 Å². The van der Waals surface area contributed by atoms with Gasteiger partial charge in [0.05, 0.1) is 7.11 Å². The van der Waals surface area contributed by atoms with Crippen LogP contribution in [0.15, 0.2) is 63.8 Å². The van der Waals surface area contributed by atoms with Crippen LogP contribution in [-0.4, -0.2) is 18.2 Å². The molecule has 2 aromatic carbocycles. The third kappa shape index (κ3) is 3.69. The number of benzene rings is 2. The highest BCUT2D eigenvalue weighted by atomic mass is 16.5. The van der Waals surface area contributed by atoms with E-state index < -0.39 is 11.6 Å². The van der Waals surface area contributed by atoms with Crippen molar-refractivity contribution in [2.24, 2.45) is 0 Å². The molecule has 1 N–H and O–H groups in total. The van der Waals surface area contributed by atoms with Gasteiger partial charge in [0.1, 0.15) is 5.58 Å². The molecule has 3 aromatic rings. The van der Waals surface area contributed by atoms with Gasteiger partial charge in [-0.1, -0.05) is 24.3 Å². The molecule has 0 fully saturated rings. The van der Waals surface area contributed by atoms with Crippen LogP contribution in [0.3, 0.4) is 0 Å². The summed E-state index contributed by atoms with van der Waals surface area (Å²) in [6.45, 7) is 0. The number of fused-ring (bicyclic) bond motifs is 1. The molecule has 0 saturated heterocycles. The van der Waals surface area contributed by atoms with E-state index in [1.165, 1.54) is 31.4 Å². The fourth-order valence-electron chi connectivity index (χ4n) is 2.22. The van der Waals surface area contributed by atoms with Gasteiger partial charge in [-0.3, -0.25) is 0 Å². The van der Waals surface area contributed by atoms with E-state index in [2.05, 4.69) is 0 Å². The molecule has 0 aliphatic carbocycles. The number of carbonyl (C=O) groups is 1. The van der Waals surface area contributed by atoms with Crippen LogP contribution in [0.5, 0.6) is 17.2 Å².